The van der Waals surface area contributed by atoms with Gasteiger partial charge in [0.25, 0.3) is 0 Å². The minimum atomic E-state index is 0.967. The first-order chi connectivity index (χ1) is 4.95. The summed E-state index contributed by atoms with van der Waals surface area (Å²) in [5.41, 5.74) is 1.66. The molecule has 1 saturated heterocycles. The minimum absolute atomic E-state index is 0.967. The van der Waals surface area contributed by atoms with Crippen LogP contribution < -0.4 is 5.32 Å². The smallest absolute Gasteiger partial charge is 0.0164 e. The molecule has 0 radical (unpaired) electrons. The summed E-state index contributed by atoms with van der Waals surface area (Å²) in [4.78, 5) is 0. The van der Waals surface area contributed by atoms with Crippen molar-refractivity contribution in [1.82, 2.24) is 5.32 Å². The van der Waals surface area contributed by atoms with Crippen molar-refractivity contribution < 1.29 is 0 Å². The molecule has 0 unspecified atom stereocenters. The predicted molar refractivity (Wildman–Crippen MR) is 42.9 cm³/mol. The Morgan fingerprint density at radius 3 is 2.90 bits per heavy atom. The van der Waals surface area contributed by atoms with Gasteiger partial charge in [-0.05, 0) is 38.1 Å². The fraction of sp³-hybridized carbons (Fsp3) is 0.778. The maximum Gasteiger partial charge on any atom is 0.0164 e. The van der Waals surface area contributed by atoms with Crippen LogP contribution in [0.2, 0.25) is 0 Å². The van der Waals surface area contributed by atoms with Crippen LogP contribution >= 0.6 is 0 Å². The van der Waals surface area contributed by atoms with Gasteiger partial charge in [-0.25, -0.2) is 0 Å². The molecular weight excluding hydrogens is 122 g/mol. The summed E-state index contributed by atoms with van der Waals surface area (Å²) in [5.74, 6) is 0.967. The Hall–Kier alpha value is -0.300. The van der Waals surface area contributed by atoms with E-state index >= 15 is 0 Å². The summed E-state index contributed by atoms with van der Waals surface area (Å²) in [6.45, 7) is 2.39. The number of rotatable bonds is 1. The maximum absolute atomic E-state index is 3.40. The number of piperidine rings is 1. The molecule has 1 N–H and O–H groups in total. The Kier molecular flexibility index (Phi) is 1.76. The largest absolute Gasteiger partial charge is 0.313 e. The van der Waals surface area contributed by atoms with E-state index in [1.807, 2.05) is 0 Å². The van der Waals surface area contributed by atoms with Crippen LogP contribution in [0.3, 0.4) is 0 Å². The first kappa shape index (κ1) is 6.41. The number of allylic oxidation sites excluding steroid dienone is 1. The third-order valence-electron chi connectivity index (χ3n) is 2.30. The summed E-state index contributed by atoms with van der Waals surface area (Å²) >= 11 is 0. The van der Waals surface area contributed by atoms with Crippen LogP contribution in [0.4, 0.5) is 0 Å². The Morgan fingerprint density at radius 1 is 1.40 bits per heavy atom. The van der Waals surface area contributed by atoms with E-state index < -0.39 is 0 Å². The first-order valence-electron chi connectivity index (χ1n) is 4.35. The van der Waals surface area contributed by atoms with Crippen molar-refractivity contribution >= 4 is 0 Å². The monoisotopic (exact) mass is 137 g/mol. The molecule has 1 heteroatoms. The molecule has 1 aliphatic heterocycles. The zero-order chi connectivity index (χ0) is 6.81. The molecule has 0 spiro atoms. The van der Waals surface area contributed by atoms with Gasteiger partial charge in [-0.2, -0.15) is 0 Å². The highest BCUT2D eigenvalue weighted by molar-refractivity contribution is 5.11. The fourth-order valence-electron chi connectivity index (χ4n) is 1.52. The lowest BCUT2D eigenvalue weighted by Gasteiger charge is -2.14. The van der Waals surface area contributed by atoms with Gasteiger partial charge >= 0.3 is 0 Å². The molecule has 2 fully saturated rings. The van der Waals surface area contributed by atoms with Crippen LogP contribution in [-0.2, 0) is 0 Å². The number of nitrogens with one attached hydrogen (secondary N) is 1. The van der Waals surface area contributed by atoms with Crippen LogP contribution in [-0.4, -0.2) is 13.1 Å². The van der Waals surface area contributed by atoms with Crippen molar-refractivity contribution in [2.24, 2.45) is 5.92 Å². The average molecular weight is 137 g/mol. The van der Waals surface area contributed by atoms with Crippen molar-refractivity contribution in [1.29, 1.82) is 0 Å². The Bertz CT molecular complexity index is 137. The topological polar surface area (TPSA) is 12.0 Å². The molecule has 0 aromatic rings. The third kappa shape index (κ3) is 1.60. The van der Waals surface area contributed by atoms with E-state index in [0.29, 0.717) is 0 Å². The van der Waals surface area contributed by atoms with Gasteiger partial charge in [0, 0.05) is 6.54 Å². The van der Waals surface area contributed by atoms with E-state index in [-0.39, 0.29) is 0 Å². The Morgan fingerprint density at radius 2 is 2.30 bits per heavy atom. The second-order valence-corrected chi connectivity index (χ2v) is 3.44. The molecule has 0 atom stereocenters. The molecule has 2 rings (SSSR count). The molecule has 0 aromatic carbocycles. The highest BCUT2D eigenvalue weighted by Gasteiger charge is 2.19. The van der Waals surface area contributed by atoms with Gasteiger partial charge in [-0.15, -0.1) is 0 Å². The molecule has 0 bridgehead atoms. The summed E-state index contributed by atoms with van der Waals surface area (Å²) in [6, 6.07) is 0. The lowest BCUT2D eigenvalue weighted by Crippen LogP contribution is -2.23. The van der Waals surface area contributed by atoms with E-state index in [1.165, 1.54) is 32.2 Å². The lowest BCUT2D eigenvalue weighted by molar-refractivity contribution is 0.606. The van der Waals surface area contributed by atoms with Gasteiger partial charge in [-0.3, -0.25) is 0 Å². The average Bonchev–Trinajstić information content (AvgIpc) is 2.74. The van der Waals surface area contributed by atoms with Gasteiger partial charge in [-0.1, -0.05) is 11.6 Å². The molecule has 10 heavy (non-hydrogen) atoms. The van der Waals surface area contributed by atoms with E-state index in [2.05, 4.69) is 11.4 Å². The number of hydrogen-bond acceptors (Lipinski definition) is 1. The van der Waals surface area contributed by atoms with E-state index in [0.717, 1.165) is 12.5 Å². The second kappa shape index (κ2) is 2.75. The van der Waals surface area contributed by atoms with Gasteiger partial charge < -0.3 is 5.32 Å². The van der Waals surface area contributed by atoms with Crippen molar-refractivity contribution in [3.63, 3.8) is 0 Å². The van der Waals surface area contributed by atoms with Crippen molar-refractivity contribution in [3.8, 4) is 0 Å². The van der Waals surface area contributed by atoms with Gasteiger partial charge in [0.1, 0.15) is 0 Å². The SMILES string of the molecule is C(=C1CCCNC1)C1CC1. The van der Waals surface area contributed by atoms with Crippen LogP contribution in [0.15, 0.2) is 11.6 Å². The zero-order valence-electron chi connectivity index (χ0n) is 6.40. The van der Waals surface area contributed by atoms with E-state index in [1.54, 1.807) is 5.57 Å². The zero-order valence-corrected chi connectivity index (χ0v) is 6.40. The van der Waals surface area contributed by atoms with Gasteiger partial charge in [0.2, 0.25) is 0 Å². The summed E-state index contributed by atoms with van der Waals surface area (Å²) in [5, 5.41) is 3.40. The van der Waals surface area contributed by atoms with Crippen molar-refractivity contribution in [2.75, 3.05) is 13.1 Å². The molecule has 2 aliphatic rings. The van der Waals surface area contributed by atoms with Gasteiger partial charge in [0.15, 0.2) is 0 Å². The molecular formula is C9H15N. The predicted octanol–water partition coefficient (Wildman–Crippen LogP) is 1.71. The Balaban J connectivity index is 1.88. The van der Waals surface area contributed by atoms with Crippen LogP contribution in [0.1, 0.15) is 25.7 Å². The fourth-order valence-corrected chi connectivity index (χ4v) is 1.52. The molecule has 0 amide bonds. The highest BCUT2D eigenvalue weighted by atomic mass is 14.9. The Labute approximate surface area is 62.5 Å². The summed E-state index contributed by atoms with van der Waals surface area (Å²) < 4.78 is 0. The number of hydrogen-bond donors (Lipinski definition) is 1. The molecule has 1 saturated carbocycles. The summed E-state index contributed by atoms with van der Waals surface area (Å²) in [6.07, 6.45) is 8.08. The van der Waals surface area contributed by atoms with Crippen LogP contribution in [0, 0.1) is 5.92 Å². The van der Waals surface area contributed by atoms with Crippen LogP contribution in [0.5, 0.6) is 0 Å². The summed E-state index contributed by atoms with van der Waals surface area (Å²) in [7, 11) is 0. The van der Waals surface area contributed by atoms with Crippen molar-refractivity contribution in [3.05, 3.63) is 11.6 Å². The highest BCUT2D eigenvalue weighted by Crippen LogP contribution is 2.32. The lowest BCUT2D eigenvalue weighted by atomic mass is 10.1. The quantitative estimate of drug-likeness (QED) is 0.542. The van der Waals surface area contributed by atoms with Gasteiger partial charge in [0.05, 0.1) is 0 Å². The molecule has 1 nitrogen and oxygen atoms in total. The van der Waals surface area contributed by atoms with E-state index in [4.69, 9.17) is 0 Å². The molecule has 56 valence electrons. The van der Waals surface area contributed by atoms with E-state index in [9.17, 15) is 0 Å². The van der Waals surface area contributed by atoms with Crippen LogP contribution in [0.25, 0.3) is 0 Å². The maximum atomic E-state index is 3.40. The van der Waals surface area contributed by atoms with Crippen molar-refractivity contribution in [2.45, 2.75) is 25.7 Å². The minimum Gasteiger partial charge on any atom is -0.313 e. The normalized spacial score (nSPS) is 31.0. The first-order valence-corrected chi connectivity index (χ1v) is 4.35. The molecule has 1 heterocycles. The standard InChI is InChI=1S/C9H15N/c1-2-9(7-10-5-1)6-8-3-4-8/h6,8,10H,1-5,7H2. The second-order valence-electron chi connectivity index (χ2n) is 3.44. The third-order valence-corrected chi connectivity index (χ3v) is 2.30. The molecule has 1 aliphatic carbocycles. The molecule has 0 aromatic heterocycles.